The van der Waals surface area contributed by atoms with E-state index in [2.05, 4.69) is 13.5 Å². The van der Waals surface area contributed by atoms with E-state index < -0.39 is 75.4 Å². The fraction of sp³-hybridized carbons (Fsp3) is 0.300. The van der Waals surface area contributed by atoms with Crippen LogP contribution in [0.2, 0.25) is 0 Å². The summed E-state index contributed by atoms with van der Waals surface area (Å²) < 4.78 is 10.6. The summed E-state index contributed by atoms with van der Waals surface area (Å²) in [4.78, 5) is 39.4. The lowest BCUT2D eigenvalue weighted by atomic mass is 9.79. The molecule has 1 aliphatic carbocycles. The van der Waals surface area contributed by atoms with Gasteiger partial charge in [-0.2, -0.15) is 0 Å². The highest BCUT2D eigenvalue weighted by Gasteiger charge is 2.42. The topological polar surface area (TPSA) is 191 Å². The smallest absolute Gasteiger partial charge is 0.347 e. The van der Waals surface area contributed by atoms with Crippen LogP contribution >= 0.6 is 0 Å². The van der Waals surface area contributed by atoms with Crippen LogP contribution in [0.25, 0.3) is 16.9 Å². The first-order valence-corrected chi connectivity index (χ1v) is 13.2. The number of aliphatic hydroxyl groups is 2. The summed E-state index contributed by atoms with van der Waals surface area (Å²) >= 11 is 0. The van der Waals surface area contributed by atoms with Crippen molar-refractivity contribution in [3.63, 3.8) is 0 Å². The molecular formula is C30H28O11. The predicted molar refractivity (Wildman–Crippen MR) is 144 cm³/mol. The summed E-state index contributed by atoms with van der Waals surface area (Å²) in [5.41, 5.74) is -2.20. The normalized spacial score (nSPS) is 21.5. The Balaban J connectivity index is 1.76. The molecule has 2 aromatic rings. The number of carbonyl (C=O) groups is 3. The third-order valence-electron chi connectivity index (χ3n) is 7.56. The average molecular weight is 565 g/mol. The summed E-state index contributed by atoms with van der Waals surface area (Å²) in [6, 6.07) is 2.17. The molecule has 0 fully saturated rings. The van der Waals surface area contributed by atoms with Crippen LogP contribution in [0.15, 0.2) is 30.5 Å². The number of hydrogen-bond donors (Lipinski definition) is 6. The molecule has 0 saturated heterocycles. The van der Waals surface area contributed by atoms with Crippen molar-refractivity contribution in [2.75, 3.05) is 0 Å². The Morgan fingerprint density at radius 1 is 0.829 bits per heavy atom. The second kappa shape index (κ2) is 10.3. The molecule has 5 rings (SSSR count). The number of rotatable bonds is 6. The summed E-state index contributed by atoms with van der Waals surface area (Å²) in [6.45, 7) is 5.54. The van der Waals surface area contributed by atoms with Crippen LogP contribution in [0.3, 0.4) is 0 Å². The highest BCUT2D eigenvalue weighted by atomic mass is 16.6. The summed E-state index contributed by atoms with van der Waals surface area (Å²) in [6.07, 6.45) is 2.87. The van der Waals surface area contributed by atoms with Gasteiger partial charge in [0.05, 0.1) is 11.1 Å². The molecule has 41 heavy (non-hydrogen) atoms. The Kier molecular flexibility index (Phi) is 7.00. The number of allylic oxidation sites excluding steroid dienone is 2. The second-order valence-corrected chi connectivity index (χ2v) is 10.2. The number of carbonyl (C=O) groups excluding carboxylic acids is 3. The maximum Gasteiger partial charge on any atom is 0.347 e. The van der Waals surface area contributed by atoms with Crippen LogP contribution in [0.1, 0.15) is 95.8 Å². The van der Waals surface area contributed by atoms with E-state index in [-0.39, 0.29) is 33.6 Å². The van der Waals surface area contributed by atoms with Crippen LogP contribution < -0.4 is 0 Å². The van der Waals surface area contributed by atoms with Crippen LogP contribution in [0, 0.1) is 0 Å². The van der Waals surface area contributed by atoms with Crippen molar-refractivity contribution in [1.29, 1.82) is 0 Å². The molecule has 2 aliphatic heterocycles. The monoisotopic (exact) mass is 564 g/mol. The molecule has 3 aliphatic rings. The van der Waals surface area contributed by atoms with Gasteiger partial charge in [0.1, 0.15) is 35.0 Å². The Morgan fingerprint density at radius 3 is 2.24 bits per heavy atom. The highest BCUT2D eigenvalue weighted by molar-refractivity contribution is 6.44. The number of aliphatic hydroxyl groups excluding tert-OH is 2. The lowest BCUT2D eigenvalue weighted by Gasteiger charge is -2.31. The first kappa shape index (κ1) is 27.8. The largest absolute Gasteiger partial charge is 0.507 e. The number of phenols is 4. The molecule has 0 spiro atoms. The maximum atomic E-state index is 13.5. The molecule has 0 amide bonds. The Bertz CT molecular complexity index is 1590. The molecule has 0 saturated carbocycles. The number of aromatic hydroxyl groups is 4. The van der Waals surface area contributed by atoms with Crippen molar-refractivity contribution in [3.8, 4) is 23.0 Å². The van der Waals surface area contributed by atoms with Gasteiger partial charge in [-0.25, -0.2) is 9.59 Å². The predicted octanol–water partition coefficient (Wildman–Crippen LogP) is 4.58. The van der Waals surface area contributed by atoms with E-state index in [0.29, 0.717) is 12.8 Å². The van der Waals surface area contributed by atoms with Gasteiger partial charge in [-0.15, -0.1) is 0 Å². The van der Waals surface area contributed by atoms with Gasteiger partial charge in [0.15, 0.2) is 17.3 Å². The Labute approximate surface area is 233 Å². The molecule has 2 heterocycles. The number of unbranched alkanes of at least 4 members (excludes halogenated alkanes) is 4. The van der Waals surface area contributed by atoms with E-state index in [9.17, 15) is 45.0 Å². The van der Waals surface area contributed by atoms with Crippen LogP contribution in [0.5, 0.6) is 23.0 Å². The van der Waals surface area contributed by atoms with Gasteiger partial charge in [0, 0.05) is 33.9 Å². The van der Waals surface area contributed by atoms with Crippen molar-refractivity contribution < 1.29 is 54.5 Å². The second-order valence-electron chi connectivity index (χ2n) is 10.2. The minimum Gasteiger partial charge on any atom is -0.507 e. The molecule has 11 nitrogen and oxygen atoms in total. The molecule has 0 bridgehead atoms. The third-order valence-corrected chi connectivity index (χ3v) is 7.56. The minimum atomic E-state index is -1.60. The zero-order valence-electron chi connectivity index (χ0n) is 22.1. The SMILES string of the molecule is C=C1OC(=O)c2c(cc3c(c2O)C(O)=CC(=O)/C3=C2/C(=O)O[C@H](CCCCCCC)c3c2cc(O)c(O)c3O)[C@H]1O. The number of phenolic OH excluding ortho intramolecular Hbond substituents is 4. The maximum absolute atomic E-state index is 13.5. The van der Waals surface area contributed by atoms with Crippen molar-refractivity contribution >= 4 is 34.6 Å². The average Bonchev–Trinajstić information content (AvgIpc) is 2.91. The van der Waals surface area contributed by atoms with Gasteiger partial charge in [-0.1, -0.05) is 39.2 Å². The first-order chi connectivity index (χ1) is 19.5. The molecule has 11 heteroatoms. The molecule has 2 atom stereocenters. The quantitative estimate of drug-likeness (QED) is 0.125. The Hall–Kier alpha value is -4.77. The van der Waals surface area contributed by atoms with Crippen molar-refractivity contribution in [3.05, 3.63) is 63.9 Å². The van der Waals surface area contributed by atoms with Crippen LogP contribution in [-0.2, 0) is 19.1 Å². The van der Waals surface area contributed by atoms with Crippen LogP contribution in [-0.4, -0.2) is 48.4 Å². The number of hydrogen-bond acceptors (Lipinski definition) is 11. The molecule has 0 radical (unpaired) electrons. The highest BCUT2D eigenvalue weighted by Crippen LogP contribution is 2.53. The number of cyclic esters (lactones) is 2. The van der Waals surface area contributed by atoms with Crippen molar-refractivity contribution in [2.45, 2.75) is 57.7 Å². The van der Waals surface area contributed by atoms with Gasteiger partial charge in [0.25, 0.3) is 0 Å². The van der Waals surface area contributed by atoms with E-state index in [4.69, 9.17) is 9.47 Å². The molecule has 6 N–H and O–H groups in total. The van der Waals surface area contributed by atoms with Gasteiger partial charge < -0.3 is 40.1 Å². The fourth-order valence-corrected chi connectivity index (χ4v) is 5.56. The Morgan fingerprint density at radius 2 is 1.54 bits per heavy atom. The summed E-state index contributed by atoms with van der Waals surface area (Å²) in [5, 5.41) is 63.8. The van der Waals surface area contributed by atoms with E-state index >= 15 is 0 Å². The number of benzene rings is 2. The van der Waals surface area contributed by atoms with Gasteiger partial charge in [0.2, 0.25) is 5.75 Å². The van der Waals surface area contributed by atoms with Gasteiger partial charge in [-0.05, 0) is 25.0 Å². The zero-order chi connectivity index (χ0) is 29.7. The summed E-state index contributed by atoms with van der Waals surface area (Å²) in [5.74, 6) is -7.13. The lowest BCUT2D eigenvalue weighted by molar-refractivity contribution is -0.143. The van der Waals surface area contributed by atoms with Crippen molar-refractivity contribution in [1.82, 2.24) is 0 Å². The molecule has 0 aromatic heterocycles. The molecular weight excluding hydrogens is 536 g/mol. The van der Waals surface area contributed by atoms with E-state index in [0.717, 1.165) is 43.9 Å². The minimum absolute atomic E-state index is 0.0230. The number of esters is 2. The van der Waals surface area contributed by atoms with Gasteiger partial charge >= 0.3 is 11.9 Å². The van der Waals surface area contributed by atoms with Crippen LogP contribution in [0.4, 0.5) is 0 Å². The van der Waals surface area contributed by atoms with E-state index in [1.165, 1.54) is 0 Å². The zero-order valence-corrected chi connectivity index (χ0v) is 22.1. The van der Waals surface area contributed by atoms with Crippen molar-refractivity contribution in [2.24, 2.45) is 0 Å². The van der Waals surface area contributed by atoms with E-state index in [1.54, 1.807) is 0 Å². The fourth-order valence-electron chi connectivity index (χ4n) is 5.56. The summed E-state index contributed by atoms with van der Waals surface area (Å²) in [7, 11) is 0. The number of ether oxygens (including phenoxy) is 2. The molecule has 0 unspecified atom stereocenters. The first-order valence-electron chi connectivity index (χ1n) is 13.2. The molecule has 214 valence electrons. The van der Waals surface area contributed by atoms with Gasteiger partial charge in [-0.3, -0.25) is 4.79 Å². The third kappa shape index (κ3) is 4.38. The lowest BCUT2D eigenvalue weighted by Crippen LogP contribution is -2.26. The number of ketones is 1. The van der Waals surface area contributed by atoms with E-state index in [1.807, 2.05) is 0 Å². The molecule has 2 aromatic carbocycles. The number of fused-ring (bicyclic) bond motifs is 3. The standard InChI is InChI=1S/C30H28O11/c1-3-4-5-6-7-8-19-22-14(10-18(33)26(35)28(22)37)23(29(38)41-19)20-13-9-15-24(30(39)40-12(2)25(15)34)27(36)21(13)17(32)11-16(20)31/h9-11,19,25,32-37H,2-8H2,1H3/b23-20+/t19-,25+/m1/s1.